The van der Waals surface area contributed by atoms with Crippen molar-refractivity contribution in [1.29, 1.82) is 0 Å². The molecule has 226 valence electrons. The first-order valence-corrected chi connectivity index (χ1v) is 15.5. The second-order valence-electron chi connectivity index (χ2n) is 12.8. The number of carbonyl (C=O) groups is 3. The Kier molecular flexibility index (Phi) is 6.96. The molecule has 1 saturated heterocycles. The summed E-state index contributed by atoms with van der Waals surface area (Å²) in [6.45, 7) is 6.36. The highest BCUT2D eigenvalue weighted by atomic mass is 16.5. The fourth-order valence-corrected chi connectivity index (χ4v) is 7.79. The lowest BCUT2D eigenvalue weighted by molar-refractivity contribution is -0.121. The van der Waals surface area contributed by atoms with E-state index in [1.165, 1.54) is 0 Å². The Hall–Kier alpha value is -4.97. The number of fused-ring (bicyclic) bond motifs is 6. The third-order valence-electron chi connectivity index (χ3n) is 9.67. The van der Waals surface area contributed by atoms with Crippen LogP contribution >= 0.6 is 0 Å². The minimum atomic E-state index is -1.35. The maximum Gasteiger partial charge on any atom is 0.238 e. The summed E-state index contributed by atoms with van der Waals surface area (Å²) >= 11 is 0. The Morgan fingerprint density at radius 3 is 2.38 bits per heavy atom. The second-order valence-corrected chi connectivity index (χ2v) is 12.8. The molecule has 1 N–H and O–H groups in total. The van der Waals surface area contributed by atoms with E-state index in [9.17, 15) is 9.59 Å². The van der Waals surface area contributed by atoms with Gasteiger partial charge in [-0.05, 0) is 60.2 Å². The smallest absolute Gasteiger partial charge is 0.238 e. The number of ketones is 2. The summed E-state index contributed by atoms with van der Waals surface area (Å²) in [5.41, 5.74) is 4.93. The molecule has 3 aliphatic rings. The summed E-state index contributed by atoms with van der Waals surface area (Å²) in [4.78, 5) is 46.7. The Bertz CT molecular complexity index is 1870. The normalized spacial score (nSPS) is 22.9. The van der Waals surface area contributed by atoms with E-state index < -0.39 is 23.4 Å². The van der Waals surface area contributed by atoms with Gasteiger partial charge in [-0.15, -0.1) is 0 Å². The Balaban J connectivity index is 1.50. The van der Waals surface area contributed by atoms with Crippen LogP contribution in [-0.2, 0) is 16.6 Å². The predicted molar refractivity (Wildman–Crippen MR) is 177 cm³/mol. The van der Waals surface area contributed by atoms with E-state index in [4.69, 9.17) is 4.74 Å². The quantitative estimate of drug-likeness (QED) is 0.230. The van der Waals surface area contributed by atoms with Crippen molar-refractivity contribution in [1.82, 2.24) is 0 Å². The number of hydrogen-bond acceptors (Lipinski definition) is 5. The van der Waals surface area contributed by atoms with Gasteiger partial charge in [0.2, 0.25) is 5.91 Å². The lowest BCUT2D eigenvalue weighted by Gasteiger charge is -2.39. The maximum absolute atomic E-state index is 15.1. The van der Waals surface area contributed by atoms with Crippen molar-refractivity contribution in [3.05, 3.63) is 131 Å². The molecule has 4 atom stereocenters. The molecule has 1 amide bonds. The number of para-hydroxylation sites is 2. The molecule has 0 saturated carbocycles. The minimum absolute atomic E-state index is 0.225. The fraction of sp³-hybridized carbons (Fsp3) is 0.256. The molecular formula is C39H36N2O4. The van der Waals surface area contributed by atoms with Gasteiger partial charge in [-0.1, -0.05) is 92.7 Å². The number of carbonyl (C=O) groups excluding carboxylic acids is 3. The van der Waals surface area contributed by atoms with Gasteiger partial charge in [0.05, 0.1) is 19.1 Å². The number of Topliss-reactive ketones (excluding diaryl/α,β-unsaturated/α-hetero) is 2. The lowest BCUT2D eigenvalue weighted by atomic mass is 9.64. The van der Waals surface area contributed by atoms with Gasteiger partial charge < -0.3 is 15.0 Å². The van der Waals surface area contributed by atoms with Gasteiger partial charge in [-0.3, -0.25) is 14.4 Å². The zero-order valence-electron chi connectivity index (χ0n) is 25.9. The number of nitrogens with one attached hydrogen (secondary N) is 1. The number of nitrogens with zero attached hydrogens (tertiary/aromatic N) is 1. The van der Waals surface area contributed by atoms with Crippen molar-refractivity contribution in [2.75, 3.05) is 17.3 Å². The molecule has 3 aliphatic heterocycles. The van der Waals surface area contributed by atoms with Crippen molar-refractivity contribution in [3.8, 4) is 5.75 Å². The molecule has 0 unspecified atom stereocenters. The molecule has 1 fully saturated rings. The first-order chi connectivity index (χ1) is 21.7. The summed E-state index contributed by atoms with van der Waals surface area (Å²) in [5, 5.41) is 3.11. The largest absolute Gasteiger partial charge is 0.497 e. The number of rotatable bonds is 7. The van der Waals surface area contributed by atoms with Crippen LogP contribution in [0.15, 0.2) is 103 Å². The summed E-state index contributed by atoms with van der Waals surface area (Å²) in [7, 11) is 1.56. The van der Waals surface area contributed by atoms with Crippen LogP contribution in [0.1, 0.15) is 58.2 Å². The van der Waals surface area contributed by atoms with Gasteiger partial charge in [0, 0.05) is 28.1 Å². The zero-order chi connectivity index (χ0) is 31.5. The molecule has 4 aromatic rings. The average molecular weight is 597 g/mol. The molecule has 0 bridgehead atoms. The van der Waals surface area contributed by atoms with E-state index >= 15 is 4.79 Å². The Labute approximate surface area is 263 Å². The first-order valence-electron chi connectivity index (χ1n) is 15.5. The SMILES string of the molecule is COc1cccc(C(=O)[C@H]2[C@@H](C(=O)c3ccc(CC(C)C)cc3)[C@@]3(C(=O)Nc4ccccc43)[C@@H]3C=C(C)c4ccccc4N32)c1. The Morgan fingerprint density at radius 1 is 0.889 bits per heavy atom. The maximum atomic E-state index is 15.1. The number of methoxy groups -OCH3 is 1. The van der Waals surface area contributed by atoms with Crippen LogP contribution in [0.5, 0.6) is 5.75 Å². The Morgan fingerprint density at radius 2 is 1.62 bits per heavy atom. The van der Waals surface area contributed by atoms with E-state index in [2.05, 4.69) is 25.2 Å². The van der Waals surface area contributed by atoms with Crippen LogP contribution in [-0.4, -0.2) is 36.7 Å². The number of amides is 1. The standard InChI is InChI=1S/C39H36N2O4/c1-23(2)20-25-16-18-26(19-17-25)36(42)34-35(37(43)27-10-9-11-28(22-27)45-4)41-32-15-8-5-12-29(32)24(3)21-33(41)39(34)30-13-6-7-14-31(30)40-38(39)44/h5-19,21-23,33-35H,20H2,1-4H3,(H,40,44)/t33-,34-,35+,39-/m0/s1. The van der Waals surface area contributed by atoms with Crippen molar-refractivity contribution in [3.63, 3.8) is 0 Å². The summed E-state index contributed by atoms with van der Waals surface area (Å²) in [6, 6.07) is 28.7. The van der Waals surface area contributed by atoms with E-state index in [1.54, 1.807) is 31.4 Å². The van der Waals surface area contributed by atoms with Crippen molar-refractivity contribution in [2.24, 2.45) is 11.8 Å². The van der Waals surface area contributed by atoms with Gasteiger partial charge in [0.25, 0.3) is 0 Å². The number of benzene rings is 4. The summed E-state index contributed by atoms with van der Waals surface area (Å²) < 4.78 is 5.48. The molecule has 1 spiro atoms. The van der Waals surface area contributed by atoms with Gasteiger partial charge in [0.15, 0.2) is 11.6 Å². The van der Waals surface area contributed by atoms with Crippen LogP contribution in [0, 0.1) is 11.8 Å². The predicted octanol–water partition coefficient (Wildman–Crippen LogP) is 7.14. The zero-order valence-corrected chi connectivity index (χ0v) is 25.9. The molecule has 7 rings (SSSR count). The van der Waals surface area contributed by atoms with Crippen molar-refractivity contribution >= 4 is 34.4 Å². The van der Waals surface area contributed by atoms with E-state index in [0.717, 1.165) is 34.4 Å². The molecule has 3 heterocycles. The van der Waals surface area contributed by atoms with Crippen molar-refractivity contribution in [2.45, 2.75) is 44.7 Å². The molecule has 0 aromatic heterocycles. The third-order valence-corrected chi connectivity index (χ3v) is 9.67. The van der Waals surface area contributed by atoms with E-state index in [1.807, 2.05) is 84.6 Å². The van der Waals surface area contributed by atoms with E-state index in [0.29, 0.717) is 28.5 Å². The highest BCUT2D eigenvalue weighted by Crippen LogP contribution is 2.58. The lowest BCUT2D eigenvalue weighted by Crippen LogP contribution is -2.51. The molecule has 0 aliphatic carbocycles. The highest BCUT2D eigenvalue weighted by molar-refractivity contribution is 6.18. The van der Waals surface area contributed by atoms with E-state index in [-0.39, 0.29) is 17.5 Å². The average Bonchev–Trinajstić information content (AvgIpc) is 3.52. The topological polar surface area (TPSA) is 75.7 Å². The number of hydrogen-bond donors (Lipinski definition) is 1. The number of ether oxygens (including phenoxy) is 1. The molecular weight excluding hydrogens is 560 g/mol. The third kappa shape index (κ3) is 4.34. The second kappa shape index (κ2) is 10.9. The van der Waals surface area contributed by atoms with Gasteiger partial charge in [-0.25, -0.2) is 0 Å². The molecule has 6 nitrogen and oxygen atoms in total. The first kappa shape index (κ1) is 28.8. The number of anilines is 2. The molecule has 6 heteroatoms. The van der Waals surface area contributed by atoms with Gasteiger partial charge >= 0.3 is 0 Å². The molecule has 45 heavy (non-hydrogen) atoms. The number of allylic oxidation sites excluding steroid dienone is 1. The van der Waals surface area contributed by atoms with Crippen LogP contribution < -0.4 is 15.0 Å². The fourth-order valence-electron chi connectivity index (χ4n) is 7.79. The van der Waals surface area contributed by atoms with Crippen LogP contribution in [0.4, 0.5) is 11.4 Å². The van der Waals surface area contributed by atoms with Crippen LogP contribution in [0.3, 0.4) is 0 Å². The molecule has 4 aromatic carbocycles. The minimum Gasteiger partial charge on any atom is -0.497 e. The van der Waals surface area contributed by atoms with Gasteiger partial charge in [-0.2, -0.15) is 0 Å². The monoisotopic (exact) mass is 596 g/mol. The summed E-state index contributed by atoms with van der Waals surface area (Å²) in [6.07, 6.45) is 2.97. The van der Waals surface area contributed by atoms with Crippen LogP contribution in [0.25, 0.3) is 5.57 Å². The van der Waals surface area contributed by atoms with Crippen molar-refractivity contribution < 1.29 is 19.1 Å². The summed E-state index contributed by atoms with van der Waals surface area (Å²) in [5.74, 6) is -0.719. The van der Waals surface area contributed by atoms with Gasteiger partial charge in [0.1, 0.15) is 17.2 Å². The molecule has 0 radical (unpaired) electrons. The highest BCUT2D eigenvalue weighted by Gasteiger charge is 2.70. The van der Waals surface area contributed by atoms with Crippen LogP contribution in [0.2, 0.25) is 0 Å².